The largest absolute Gasteiger partial charge is 0.396 e. The van der Waals surface area contributed by atoms with E-state index < -0.39 is 15.9 Å². The third-order valence-electron chi connectivity index (χ3n) is 2.20. The number of nitrogens with one attached hydrogen (secondary N) is 1. The fourth-order valence-corrected chi connectivity index (χ4v) is 2.45. The van der Waals surface area contributed by atoms with Crippen LogP contribution in [-0.4, -0.2) is 25.9 Å². The van der Waals surface area contributed by atoms with E-state index >= 15 is 0 Å². The Morgan fingerprint density at radius 3 is 2.72 bits per heavy atom. The number of hydrogen-bond donors (Lipinski definition) is 3. The molecule has 1 aromatic heterocycles. The molecule has 5 N–H and O–H groups in total. The molecule has 100 valence electrons. The molecule has 0 atom stereocenters. The summed E-state index contributed by atoms with van der Waals surface area (Å²) in [6.45, 7) is 0.214. The number of carbonyl (C=O) groups is 1. The number of unbranched alkanes of at least 4 members (excludes halogenated alkanes) is 1. The third kappa shape index (κ3) is 4.30. The third-order valence-corrected chi connectivity index (χ3v) is 3.63. The molecule has 0 aromatic carbocycles. The Balaban J connectivity index is 2.51. The minimum Gasteiger partial charge on any atom is -0.396 e. The first kappa shape index (κ1) is 14.4. The van der Waals surface area contributed by atoms with Crippen LogP contribution in [0.4, 0.5) is 5.69 Å². The van der Waals surface area contributed by atoms with Crippen LogP contribution in [0.5, 0.6) is 0 Å². The van der Waals surface area contributed by atoms with Gasteiger partial charge in [0.05, 0.1) is 5.69 Å². The molecule has 1 rings (SSSR count). The zero-order valence-electron chi connectivity index (χ0n) is 9.80. The van der Waals surface area contributed by atoms with Crippen LogP contribution in [0.15, 0.2) is 23.4 Å². The van der Waals surface area contributed by atoms with E-state index in [1.807, 2.05) is 0 Å². The summed E-state index contributed by atoms with van der Waals surface area (Å²) < 4.78 is 26.0. The number of hydrogen-bond acceptors (Lipinski definition) is 5. The van der Waals surface area contributed by atoms with Gasteiger partial charge < -0.3 is 11.5 Å². The van der Waals surface area contributed by atoms with Gasteiger partial charge in [-0.15, -0.1) is 0 Å². The Morgan fingerprint density at radius 1 is 1.39 bits per heavy atom. The number of carbonyl (C=O) groups excluding carboxylic acids is 1. The van der Waals surface area contributed by atoms with Gasteiger partial charge in [0.25, 0.3) is 10.0 Å². The lowest BCUT2D eigenvalue weighted by molar-refractivity contribution is -0.118. The van der Waals surface area contributed by atoms with Crippen LogP contribution < -0.4 is 16.2 Å². The molecule has 0 fully saturated rings. The van der Waals surface area contributed by atoms with Crippen LogP contribution in [0.3, 0.4) is 0 Å². The molecule has 0 saturated carbocycles. The van der Waals surface area contributed by atoms with Crippen molar-refractivity contribution in [3.05, 3.63) is 18.3 Å². The summed E-state index contributed by atoms with van der Waals surface area (Å²) in [5.41, 5.74) is 10.6. The summed E-state index contributed by atoms with van der Waals surface area (Å²) in [6.07, 6.45) is 2.66. The van der Waals surface area contributed by atoms with Crippen LogP contribution in [0, 0.1) is 0 Å². The minimum atomic E-state index is -3.69. The maximum absolute atomic E-state index is 11.8. The number of aromatic nitrogens is 1. The molecule has 0 spiro atoms. The summed E-state index contributed by atoms with van der Waals surface area (Å²) in [4.78, 5) is 14.2. The topological polar surface area (TPSA) is 128 Å². The predicted molar refractivity (Wildman–Crippen MR) is 66.9 cm³/mol. The van der Waals surface area contributed by atoms with Crippen LogP contribution in [0.25, 0.3) is 0 Å². The van der Waals surface area contributed by atoms with Crippen molar-refractivity contribution in [1.82, 2.24) is 9.71 Å². The lowest BCUT2D eigenvalue weighted by Crippen LogP contribution is -2.26. The summed E-state index contributed by atoms with van der Waals surface area (Å²) in [6, 6.07) is 3.02. The van der Waals surface area contributed by atoms with Gasteiger partial charge in [0.15, 0.2) is 5.03 Å². The molecule has 0 radical (unpaired) electrons. The highest BCUT2D eigenvalue weighted by Gasteiger charge is 2.17. The van der Waals surface area contributed by atoms with Crippen LogP contribution in [0.2, 0.25) is 0 Å². The predicted octanol–water partition coefficient (Wildman–Crippen LogP) is -0.402. The molecule has 8 heteroatoms. The van der Waals surface area contributed by atoms with Gasteiger partial charge >= 0.3 is 0 Å². The van der Waals surface area contributed by atoms with Crippen LogP contribution >= 0.6 is 0 Å². The standard InChI is InChI=1S/C10H16N4O3S/c11-8-4-3-6-13-10(8)18(16,17)14-7-2-1-5-9(12)15/h3-4,6,14H,1-2,5,7,11H2,(H2,12,15). The number of primary amides is 1. The number of rotatable bonds is 7. The molecule has 7 nitrogen and oxygen atoms in total. The van der Waals surface area contributed by atoms with Crippen molar-refractivity contribution in [2.24, 2.45) is 5.73 Å². The van der Waals surface area contributed by atoms with E-state index in [0.717, 1.165) is 0 Å². The molecular weight excluding hydrogens is 256 g/mol. The summed E-state index contributed by atoms with van der Waals surface area (Å²) >= 11 is 0. The highest BCUT2D eigenvalue weighted by atomic mass is 32.2. The van der Waals surface area contributed by atoms with E-state index in [0.29, 0.717) is 12.8 Å². The Kier molecular flexibility index (Phi) is 5.05. The van der Waals surface area contributed by atoms with E-state index in [2.05, 4.69) is 9.71 Å². The Bertz CT molecular complexity index is 516. The number of pyridine rings is 1. The number of anilines is 1. The van der Waals surface area contributed by atoms with Crippen molar-refractivity contribution in [3.8, 4) is 0 Å². The summed E-state index contributed by atoms with van der Waals surface area (Å²) in [7, 11) is -3.69. The zero-order chi connectivity index (χ0) is 13.6. The van der Waals surface area contributed by atoms with Crippen LogP contribution in [-0.2, 0) is 14.8 Å². The Hall–Kier alpha value is -1.67. The van der Waals surface area contributed by atoms with E-state index in [1.54, 1.807) is 6.07 Å². The highest BCUT2D eigenvalue weighted by molar-refractivity contribution is 7.89. The lowest BCUT2D eigenvalue weighted by Gasteiger charge is -2.07. The molecule has 0 saturated heterocycles. The summed E-state index contributed by atoms with van der Waals surface area (Å²) in [5, 5.41) is -0.181. The number of nitrogens with zero attached hydrogens (tertiary/aromatic N) is 1. The second-order valence-corrected chi connectivity index (χ2v) is 5.40. The maximum Gasteiger partial charge on any atom is 0.260 e. The number of nitrogens with two attached hydrogens (primary N) is 2. The lowest BCUT2D eigenvalue weighted by atomic mass is 10.2. The number of amides is 1. The minimum absolute atomic E-state index is 0.0992. The average molecular weight is 272 g/mol. The molecule has 0 aliphatic heterocycles. The molecule has 1 aromatic rings. The molecule has 0 bridgehead atoms. The Morgan fingerprint density at radius 2 is 2.11 bits per heavy atom. The molecule has 0 unspecified atom stereocenters. The highest BCUT2D eigenvalue weighted by Crippen LogP contribution is 2.13. The Labute approximate surface area is 106 Å². The monoisotopic (exact) mass is 272 g/mol. The smallest absolute Gasteiger partial charge is 0.260 e. The first-order valence-electron chi connectivity index (χ1n) is 5.42. The fourth-order valence-electron chi connectivity index (χ4n) is 1.33. The SMILES string of the molecule is NC(=O)CCCCNS(=O)(=O)c1ncccc1N. The van der Waals surface area contributed by atoms with Crippen molar-refractivity contribution < 1.29 is 13.2 Å². The van der Waals surface area contributed by atoms with Crippen molar-refractivity contribution in [3.63, 3.8) is 0 Å². The molecule has 1 amide bonds. The number of sulfonamides is 1. The first-order valence-corrected chi connectivity index (χ1v) is 6.90. The molecule has 18 heavy (non-hydrogen) atoms. The van der Waals surface area contributed by atoms with E-state index in [9.17, 15) is 13.2 Å². The maximum atomic E-state index is 11.8. The molecular formula is C10H16N4O3S. The normalized spacial score (nSPS) is 11.3. The number of nitrogen functional groups attached to an aromatic ring is 1. The van der Waals surface area contributed by atoms with E-state index in [4.69, 9.17) is 11.5 Å². The van der Waals surface area contributed by atoms with Crippen molar-refractivity contribution in [2.75, 3.05) is 12.3 Å². The van der Waals surface area contributed by atoms with Gasteiger partial charge in [-0.05, 0) is 25.0 Å². The van der Waals surface area contributed by atoms with Gasteiger partial charge in [-0.25, -0.2) is 18.1 Å². The quantitative estimate of drug-likeness (QED) is 0.582. The first-order chi connectivity index (χ1) is 8.43. The van der Waals surface area contributed by atoms with Crippen LogP contribution in [0.1, 0.15) is 19.3 Å². The van der Waals surface area contributed by atoms with Crippen molar-refractivity contribution in [2.45, 2.75) is 24.3 Å². The van der Waals surface area contributed by atoms with Crippen molar-refractivity contribution in [1.29, 1.82) is 0 Å². The van der Waals surface area contributed by atoms with Gasteiger partial charge in [-0.2, -0.15) is 0 Å². The molecule has 0 aliphatic carbocycles. The summed E-state index contributed by atoms with van der Waals surface area (Å²) in [5.74, 6) is -0.396. The molecule has 1 heterocycles. The zero-order valence-corrected chi connectivity index (χ0v) is 10.6. The molecule has 0 aliphatic rings. The fraction of sp³-hybridized carbons (Fsp3) is 0.400. The van der Waals surface area contributed by atoms with E-state index in [-0.39, 0.29) is 23.7 Å². The second-order valence-electron chi connectivity index (χ2n) is 3.72. The second kappa shape index (κ2) is 6.31. The van der Waals surface area contributed by atoms with Gasteiger partial charge in [-0.1, -0.05) is 0 Å². The average Bonchev–Trinajstić information content (AvgIpc) is 2.28. The van der Waals surface area contributed by atoms with Gasteiger partial charge in [-0.3, -0.25) is 4.79 Å². The van der Waals surface area contributed by atoms with Gasteiger partial charge in [0, 0.05) is 19.2 Å². The van der Waals surface area contributed by atoms with E-state index in [1.165, 1.54) is 12.3 Å². The van der Waals surface area contributed by atoms with Crippen molar-refractivity contribution >= 4 is 21.6 Å². The van der Waals surface area contributed by atoms with Gasteiger partial charge in [0.2, 0.25) is 5.91 Å². The van der Waals surface area contributed by atoms with Gasteiger partial charge in [0.1, 0.15) is 0 Å².